The Morgan fingerprint density at radius 2 is 1.64 bits per heavy atom. The summed E-state index contributed by atoms with van der Waals surface area (Å²) in [6.07, 6.45) is 6.64. The summed E-state index contributed by atoms with van der Waals surface area (Å²) >= 11 is 0. The number of benzene rings is 1. The van der Waals surface area contributed by atoms with E-state index in [0.29, 0.717) is 11.9 Å². The van der Waals surface area contributed by atoms with Gasteiger partial charge < -0.3 is 15.9 Å². The third kappa shape index (κ3) is 7.75. The average Bonchev–Trinajstić information content (AvgIpc) is 2.72. The van der Waals surface area contributed by atoms with Crippen molar-refractivity contribution in [2.45, 2.75) is 38.6 Å². The number of aromatic nitrogens is 1. The molecular formula is C21H29N3O4. The van der Waals surface area contributed by atoms with Gasteiger partial charge in [-0.25, -0.2) is 4.98 Å². The second-order valence-corrected chi connectivity index (χ2v) is 6.45. The van der Waals surface area contributed by atoms with Crippen molar-refractivity contribution in [2.24, 2.45) is 0 Å². The van der Waals surface area contributed by atoms with E-state index in [1.165, 1.54) is 43.5 Å². The van der Waals surface area contributed by atoms with E-state index >= 15 is 0 Å². The van der Waals surface area contributed by atoms with Crippen LogP contribution in [0.1, 0.15) is 48.9 Å². The Hall–Kier alpha value is -2.93. The van der Waals surface area contributed by atoms with Crippen molar-refractivity contribution in [3.8, 4) is 0 Å². The number of nitrogens with zero attached hydrogens (tertiary/aromatic N) is 2. The summed E-state index contributed by atoms with van der Waals surface area (Å²) in [5.41, 5.74) is 9.72. The maximum atomic E-state index is 8.36. The van der Waals surface area contributed by atoms with Crippen LogP contribution >= 0.6 is 0 Å². The van der Waals surface area contributed by atoms with Crippen LogP contribution in [-0.4, -0.2) is 46.1 Å². The van der Waals surface area contributed by atoms with E-state index in [4.69, 9.17) is 25.5 Å². The van der Waals surface area contributed by atoms with Crippen LogP contribution < -0.4 is 5.73 Å². The molecule has 7 nitrogen and oxygen atoms in total. The van der Waals surface area contributed by atoms with Gasteiger partial charge in [0.05, 0.1) is 0 Å². The van der Waals surface area contributed by atoms with E-state index < -0.39 is 0 Å². The molecule has 0 bridgehead atoms. The molecule has 1 aromatic heterocycles. The number of nitrogen functional groups attached to an aromatic ring is 1. The number of carboxylic acid groups (broad SMARTS) is 2. The Kier molecular flexibility index (Phi) is 11.0. The number of carbonyl (C=O) groups is 2. The van der Waals surface area contributed by atoms with Crippen LogP contribution in [0.2, 0.25) is 0 Å². The molecule has 0 radical (unpaired) electrons. The number of rotatable bonds is 4. The number of likely N-dealkylation sites (tertiary alicyclic amines) is 1. The lowest BCUT2D eigenvalue weighted by Gasteiger charge is -2.32. The van der Waals surface area contributed by atoms with Crippen LogP contribution in [0.3, 0.4) is 0 Å². The topological polar surface area (TPSA) is 117 Å². The summed E-state index contributed by atoms with van der Waals surface area (Å²) in [6, 6.07) is 13.5. The molecule has 28 heavy (non-hydrogen) atoms. The highest BCUT2D eigenvalue weighted by Gasteiger charge is 2.17. The second kappa shape index (κ2) is 13.3. The highest BCUT2D eigenvalue weighted by Crippen LogP contribution is 2.25. The van der Waals surface area contributed by atoms with Crippen LogP contribution in [-0.2, 0) is 16.0 Å². The summed E-state index contributed by atoms with van der Waals surface area (Å²) in [7, 11) is 0. The van der Waals surface area contributed by atoms with Crippen LogP contribution in [0.5, 0.6) is 0 Å². The fourth-order valence-corrected chi connectivity index (χ4v) is 3.25. The first kappa shape index (κ1) is 23.1. The van der Waals surface area contributed by atoms with Gasteiger partial charge >= 0.3 is 0 Å². The summed E-state index contributed by atoms with van der Waals surface area (Å²) in [5.74, 6) is 0.633. The molecule has 0 aliphatic carbocycles. The van der Waals surface area contributed by atoms with E-state index in [1.807, 2.05) is 12.1 Å². The van der Waals surface area contributed by atoms with Crippen molar-refractivity contribution in [3.05, 3.63) is 59.3 Å². The molecule has 7 heteroatoms. The van der Waals surface area contributed by atoms with Gasteiger partial charge in [0.1, 0.15) is 5.82 Å². The highest BCUT2D eigenvalue weighted by atomic mass is 16.3. The molecular weight excluding hydrogens is 358 g/mol. The van der Waals surface area contributed by atoms with E-state index in [2.05, 4.69) is 41.1 Å². The summed E-state index contributed by atoms with van der Waals surface area (Å²) in [4.78, 5) is 23.5. The van der Waals surface area contributed by atoms with Crippen molar-refractivity contribution in [1.82, 2.24) is 9.88 Å². The molecule has 1 fully saturated rings. The first-order valence-electron chi connectivity index (χ1n) is 9.25. The molecule has 2 heterocycles. The van der Waals surface area contributed by atoms with Gasteiger partial charge in [0, 0.05) is 18.7 Å². The van der Waals surface area contributed by atoms with E-state index in [-0.39, 0.29) is 12.9 Å². The predicted octanol–water partition coefficient (Wildman–Crippen LogP) is 3.20. The molecule has 4 N–H and O–H groups in total. The van der Waals surface area contributed by atoms with Gasteiger partial charge in [-0.05, 0) is 55.6 Å². The summed E-state index contributed by atoms with van der Waals surface area (Å²) in [6.45, 7) is 4.28. The molecule has 1 aromatic carbocycles. The standard InChI is InChI=1S/C19H25N3.2CH2O2/c1-15(22-12-3-2-4-13-22)17-9-7-16(8-10-17)14-18-6-5-11-21-19(18)20;2*2-1-3/h5-11,15H,2-4,12-14H2,1H3,(H2,20,21);2*1H,(H,2,3). The molecule has 1 atom stereocenters. The molecule has 2 aromatic rings. The summed E-state index contributed by atoms with van der Waals surface area (Å²) in [5, 5.41) is 13.8. The first-order valence-corrected chi connectivity index (χ1v) is 9.25. The smallest absolute Gasteiger partial charge is 0.290 e. The zero-order valence-corrected chi connectivity index (χ0v) is 16.2. The fourth-order valence-electron chi connectivity index (χ4n) is 3.25. The molecule has 3 rings (SSSR count). The number of hydrogen-bond acceptors (Lipinski definition) is 5. The third-order valence-electron chi connectivity index (χ3n) is 4.72. The Labute approximate surface area is 165 Å². The molecule has 0 spiro atoms. The summed E-state index contributed by atoms with van der Waals surface area (Å²) < 4.78 is 0. The van der Waals surface area contributed by atoms with Gasteiger partial charge in [0.25, 0.3) is 12.9 Å². The molecule has 0 saturated carbocycles. The lowest BCUT2D eigenvalue weighted by Crippen LogP contribution is -2.32. The van der Waals surface area contributed by atoms with Crippen molar-refractivity contribution in [2.75, 3.05) is 18.8 Å². The van der Waals surface area contributed by atoms with Gasteiger partial charge in [-0.3, -0.25) is 14.5 Å². The molecule has 152 valence electrons. The highest BCUT2D eigenvalue weighted by molar-refractivity contribution is 5.42. The van der Waals surface area contributed by atoms with Crippen LogP contribution in [0.4, 0.5) is 5.82 Å². The number of pyridine rings is 1. The lowest BCUT2D eigenvalue weighted by atomic mass is 9.99. The number of hydrogen-bond donors (Lipinski definition) is 3. The molecule has 1 unspecified atom stereocenters. The molecule has 1 aliphatic rings. The number of anilines is 1. The van der Waals surface area contributed by atoms with E-state index in [0.717, 1.165) is 12.0 Å². The molecule has 1 aliphatic heterocycles. The van der Waals surface area contributed by atoms with Crippen molar-refractivity contribution < 1.29 is 19.8 Å². The van der Waals surface area contributed by atoms with Crippen molar-refractivity contribution >= 4 is 18.8 Å². The SMILES string of the molecule is CC(c1ccc(Cc2cccnc2N)cc1)N1CCCCC1.O=CO.O=CO. The van der Waals surface area contributed by atoms with Crippen molar-refractivity contribution in [3.63, 3.8) is 0 Å². The van der Waals surface area contributed by atoms with Gasteiger partial charge in [-0.1, -0.05) is 36.8 Å². The van der Waals surface area contributed by atoms with Crippen LogP contribution in [0.15, 0.2) is 42.6 Å². The van der Waals surface area contributed by atoms with E-state index in [1.54, 1.807) is 6.20 Å². The monoisotopic (exact) mass is 387 g/mol. The normalized spacial score (nSPS) is 14.5. The Morgan fingerprint density at radius 1 is 1.07 bits per heavy atom. The maximum absolute atomic E-state index is 8.36. The second-order valence-electron chi connectivity index (χ2n) is 6.45. The van der Waals surface area contributed by atoms with Gasteiger partial charge in [-0.2, -0.15) is 0 Å². The zero-order valence-electron chi connectivity index (χ0n) is 16.2. The number of piperidine rings is 1. The Bertz CT molecular complexity index is 695. The minimum atomic E-state index is -0.250. The minimum Gasteiger partial charge on any atom is -0.483 e. The molecule has 1 saturated heterocycles. The Balaban J connectivity index is 0.000000582. The number of nitrogens with two attached hydrogens (primary N) is 1. The largest absolute Gasteiger partial charge is 0.483 e. The maximum Gasteiger partial charge on any atom is 0.290 e. The third-order valence-corrected chi connectivity index (χ3v) is 4.72. The lowest BCUT2D eigenvalue weighted by molar-refractivity contribution is -0.123. The predicted molar refractivity (Wildman–Crippen MR) is 109 cm³/mol. The van der Waals surface area contributed by atoms with Crippen LogP contribution in [0.25, 0.3) is 0 Å². The Morgan fingerprint density at radius 3 is 2.18 bits per heavy atom. The van der Waals surface area contributed by atoms with Gasteiger partial charge in [-0.15, -0.1) is 0 Å². The first-order chi connectivity index (χ1) is 13.6. The van der Waals surface area contributed by atoms with Crippen LogP contribution in [0, 0.1) is 0 Å². The minimum absolute atomic E-state index is 0.250. The average molecular weight is 387 g/mol. The van der Waals surface area contributed by atoms with E-state index in [9.17, 15) is 0 Å². The quantitative estimate of drug-likeness (QED) is 0.690. The fraction of sp³-hybridized carbons (Fsp3) is 0.381. The zero-order chi connectivity index (χ0) is 20.8. The molecule has 0 amide bonds. The van der Waals surface area contributed by atoms with Gasteiger partial charge in [0.2, 0.25) is 0 Å². The van der Waals surface area contributed by atoms with Gasteiger partial charge in [0.15, 0.2) is 0 Å². The van der Waals surface area contributed by atoms with Crippen molar-refractivity contribution in [1.29, 1.82) is 0 Å².